The van der Waals surface area contributed by atoms with Gasteiger partial charge < -0.3 is 4.90 Å². The van der Waals surface area contributed by atoms with Gasteiger partial charge in [0.25, 0.3) is 5.69 Å². The third-order valence-corrected chi connectivity index (χ3v) is 5.74. The number of hydrogen-bond acceptors (Lipinski definition) is 7. The number of rotatable bonds is 8. The zero-order valence-corrected chi connectivity index (χ0v) is 18.7. The van der Waals surface area contributed by atoms with Crippen LogP contribution < -0.4 is 4.90 Å². The average molecular weight is 481 g/mol. The number of nitrogens with zero attached hydrogens (tertiary/aromatic N) is 5. The number of aromatic nitrogens is 4. The van der Waals surface area contributed by atoms with Crippen molar-refractivity contribution in [2.45, 2.75) is 11.7 Å². The number of pyridine rings is 1. The molecule has 4 aromatic rings. The van der Waals surface area contributed by atoms with Crippen LogP contribution in [0.3, 0.4) is 0 Å². The van der Waals surface area contributed by atoms with Gasteiger partial charge in [0.1, 0.15) is 0 Å². The van der Waals surface area contributed by atoms with E-state index in [0.717, 1.165) is 11.1 Å². The molecule has 2 aromatic carbocycles. The molecule has 0 unspecified atom stereocenters. The number of amides is 1. The number of non-ortho nitro benzene ring substituents is 1. The number of carbonyl (C=O) groups is 1. The number of benzene rings is 2. The van der Waals surface area contributed by atoms with Crippen LogP contribution in [0.15, 0.2) is 78.2 Å². The van der Waals surface area contributed by atoms with Crippen molar-refractivity contribution in [3.8, 4) is 11.4 Å². The predicted molar refractivity (Wildman–Crippen MR) is 126 cm³/mol. The molecule has 0 fully saturated rings. The Balaban J connectivity index is 1.50. The maximum absolute atomic E-state index is 13.2. The molecule has 0 saturated heterocycles. The van der Waals surface area contributed by atoms with E-state index in [-0.39, 0.29) is 23.9 Å². The minimum Gasteiger partial charge on any atom is -0.307 e. The second-order valence-corrected chi connectivity index (χ2v) is 8.26. The molecule has 0 aliphatic heterocycles. The van der Waals surface area contributed by atoms with Gasteiger partial charge in [0.15, 0.2) is 5.82 Å². The molecule has 1 N–H and O–H groups in total. The van der Waals surface area contributed by atoms with Gasteiger partial charge in [-0.25, -0.2) is 4.98 Å². The molecule has 2 aromatic heterocycles. The summed E-state index contributed by atoms with van der Waals surface area (Å²) in [6, 6.07) is 16.7. The minimum absolute atomic E-state index is 0.0457. The summed E-state index contributed by atoms with van der Waals surface area (Å²) in [5, 5.41) is 19.0. The van der Waals surface area contributed by atoms with Gasteiger partial charge in [0.2, 0.25) is 11.1 Å². The van der Waals surface area contributed by atoms with Crippen molar-refractivity contribution in [1.82, 2.24) is 20.2 Å². The largest absolute Gasteiger partial charge is 0.307 e. The summed E-state index contributed by atoms with van der Waals surface area (Å²) >= 11 is 7.16. The highest BCUT2D eigenvalue weighted by atomic mass is 35.5. The summed E-state index contributed by atoms with van der Waals surface area (Å²) in [6.07, 6.45) is 3.34. The first-order valence-electron chi connectivity index (χ1n) is 9.74. The highest BCUT2D eigenvalue weighted by molar-refractivity contribution is 7.99. The molecule has 166 valence electrons. The van der Waals surface area contributed by atoms with Gasteiger partial charge in [0.05, 0.1) is 17.2 Å². The highest BCUT2D eigenvalue weighted by Crippen LogP contribution is 2.24. The number of anilines is 1. The maximum atomic E-state index is 13.2. The highest BCUT2D eigenvalue weighted by Gasteiger charge is 2.19. The molecule has 33 heavy (non-hydrogen) atoms. The first-order valence-corrected chi connectivity index (χ1v) is 11.1. The molecule has 4 rings (SSSR count). The van der Waals surface area contributed by atoms with E-state index >= 15 is 0 Å². The molecule has 0 saturated carbocycles. The monoisotopic (exact) mass is 480 g/mol. The SMILES string of the molecule is O=C(CSc1n[nH]c(-c2cccnc2)n1)N(Cc1ccc(Cl)cc1)c1ccc([N+](=O)[O-])cc1. The van der Waals surface area contributed by atoms with Crippen molar-refractivity contribution in [2.24, 2.45) is 0 Å². The van der Waals surface area contributed by atoms with Gasteiger partial charge in [-0.15, -0.1) is 5.10 Å². The zero-order valence-electron chi connectivity index (χ0n) is 17.1. The van der Waals surface area contributed by atoms with Gasteiger partial charge in [-0.1, -0.05) is 35.5 Å². The van der Waals surface area contributed by atoms with Crippen LogP contribution in [0.1, 0.15) is 5.56 Å². The van der Waals surface area contributed by atoms with Crippen molar-refractivity contribution in [3.63, 3.8) is 0 Å². The third-order valence-electron chi connectivity index (χ3n) is 4.65. The van der Waals surface area contributed by atoms with Crippen LogP contribution in [-0.4, -0.2) is 36.7 Å². The molecular weight excluding hydrogens is 464 g/mol. The summed E-state index contributed by atoms with van der Waals surface area (Å²) in [7, 11) is 0. The number of aromatic amines is 1. The third kappa shape index (κ3) is 5.73. The van der Waals surface area contributed by atoms with E-state index < -0.39 is 4.92 Å². The molecule has 0 radical (unpaired) electrons. The van der Waals surface area contributed by atoms with Crippen molar-refractivity contribution < 1.29 is 9.72 Å². The number of hydrogen-bond donors (Lipinski definition) is 1. The van der Waals surface area contributed by atoms with Crippen LogP contribution in [-0.2, 0) is 11.3 Å². The maximum Gasteiger partial charge on any atom is 0.269 e. The average Bonchev–Trinajstić information content (AvgIpc) is 3.32. The number of nitrogens with one attached hydrogen (secondary N) is 1. The number of thioether (sulfide) groups is 1. The number of halogens is 1. The minimum atomic E-state index is -0.478. The molecule has 11 heteroatoms. The van der Waals surface area contributed by atoms with Gasteiger partial charge in [-0.05, 0) is 42.0 Å². The van der Waals surface area contributed by atoms with E-state index in [1.54, 1.807) is 47.6 Å². The lowest BCUT2D eigenvalue weighted by molar-refractivity contribution is -0.384. The fourth-order valence-corrected chi connectivity index (χ4v) is 3.80. The fourth-order valence-electron chi connectivity index (χ4n) is 3.00. The quantitative estimate of drug-likeness (QED) is 0.219. The second-order valence-electron chi connectivity index (χ2n) is 6.88. The van der Waals surface area contributed by atoms with E-state index in [4.69, 9.17) is 11.6 Å². The Hall–Kier alpha value is -3.76. The van der Waals surface area contributed by atoms with Crippen LogP contribution in [0.5, 0.6) is 0 Å². The fraction of sp³-hybridized carbons (Fsp3) is 0.0909. The molecule has 0 bridgehead atoms. The van der Waals surface area contributed by atoms with Crippen molar-refractivity contribution in [1.29, 1.82) is 0 Å². The number of carbonyl (C=O) groups excluding carboxylic acids is 1. The Kier molecular flexibility index (Phi) is 6.96. The number of nitro groups is 1. The molecule has 0 atom stereocenters. The van der Waals surface area contributed by atoms with Crippen LogP contribution in [0, 0.1) is 10.1 Å². The molecular formula is C22H17ClN6O3S. The first kappa shape index (κ1) is 22.4. The van der Waals surface area contributed by atoms with Gasteiger partial charge in [0, 0.05) is 40.8 Å². The van der Waals surface area contributed by atoms with Crippen LogP contribution >= 0.6 is 23.4 Å². The Morgan fingerprint density at radius 1 is 1.12 bits per heavy atom. The second kappa shape index (κ2) is 10.2. The summed E-state index contributed by atoms with van der Waals surface area (Å²) in [5.74, 6) is 0.442. The van der Waals surface area contributed by atoms with E-state index in [1.165, 1.54) is 23.9 Å². The first-order chi connectivity index (χ1) is 16.0. The molecule has 2 heterocycles. The van der Waals surface area contributed by atoms with Crippen LogP contribution in [0.4, 0.5) is 11.4 Å². The van der Waals surface area contributed by atoms with E-state index in [2.05, 4.69) is 20.2 Å². The number of nitro benzene ring substituents is 1. The normalized spacial score (nSPS) is 10.7. The Bertz CT molecular complexity index is 1250. The Morgan fingerprint density at radius 2 is 1.88 bits per heavy atom. The molecule has 0 spiro atoms. The smallest absolute Gasteiger partial charge is 0.269 e. The molecule has 0 aliphatic carbocycles. The van der Waals surface area contributed by atoms with Crippen molar-refractivity contribution >= 4 is 40.6 Å². The van der Waals surface area contributed by atoms with Crippen LogP contribution in [0.2, 0.25) is 5.02 Å². The summed E-state index contributed by atoms with van der Waals surface area (Å²) in [6.45, 7) is 0.281. The lowest BCUT2D eigenvalue weighted by Crippen LogP contribution is -2.32. The summed E-state index contributed by atoms with van der Waals surface area (Å²) in [4.78, 5) is 33.7. The molecule has 0 aliphatic rings. The standard InChI is InChI=1S/C22H17ClN6O3S/c23-17-5-3-15(4-6-17)13-28(18-7-9-19(10-8-18)29(31)32)20(30)14-33-22-25-21(26-27-22)16-2-1-11-24-12-16/h1-12H,13-14H2,(H,25,26,27). The van der Waals surface area contributed by atoms with Crippen molar-refractivity contribution in [3.05, 3.63) is 93.8 Å². The lowest BCUT2D eigenvalue weighted by Gasteiger charge is -2.23. The van der Waals surface area contributed by atoms with E-state index in [9.17, 15) is 14.9 Å². The van der Waals surface area contributed by atoms with E-state index in [0.29, 0.717) is 21.7 Å². The molecule has 1 amide bonds. The number of H-pyrrole nitrogens is 1. The van der Waals surface area contributed by atoms with Gasteiger partial charge in [-0.3, -0.25) is 25.0 Å². The predicted octanol–water partition coefficient (Wildman–Crippen LogP) is 4.75. The Labute approximate surface area is 198 Å². The zero-order chi connectivity index (χ0) is 23.2. The Morgan fingerprint density at radius 3 is 2.55 bits per heavy atom. The van der Waals surface area contributed by atoms with Gasteiger partial charge >= 0.3 is 0 Å². The van der Waals surface area contributed by atoms with E-state index in [1.807, 2.05) is 18.2 Å². The van der Waals surface area contributed by atoms with Crippen LogP contribution in [0.25, 0.3) is 11.4 Å². The topological polar surface area (TPSA) is 118 Å². The van der Waals surface area contributed by atoms with Gasteiger partial charge in [-0.2, -0.15) is 0 Å². The summed E-state index contributed by atoms with van der Waals surface area (Å²) in [5.41, 5.74) is 2.16. The molecule has 9 nitrogen and oxygen atoms in total. The lowest BCUT2D eigenvalue weighted by atomic mass is 10.2. The van der Waals surface area contributed by atoms with Crippen molar-refractivity contribution in [2.75, 3.05) is 10.7 Å². The summed E-state index contributed by atoms with van der Waals surface area (Å²) < 4.78 is 0.